The fourth-order valence-electron chi connectivity index (χ4n) is 9.84. The molecule has 0 aliphatic carbocycles. The molecular weight excluding hydrogens is 1590 g/mol. The van der Waals surface area contributed by atoms with Crippen molar-refractivity contribution in [3.63, 3.8) is 0 Å². The normalized spacial score (nSPS) is 10.4. The zero-order valence-electron chi connectivity index (χ0n) is 62.2. The van der Waals surface area contributed by atoms with E-state index in [1.807, 2.05) is 26.8 Å². The maximum atomic E-state index is 13.9. The van der Waals surface area contributed by atoms with Gasteiger partial charge in [0.15, 0.2) is 5.75 Å². The zero-order chi connectivity index (χ0) is 79.8. The largest absolute Gasteiger partial charge is 1.00 e. The van der Waals surface area contributed by atoms with Crippen molar-refractivity contribution >= 4 is 125 Å². The number of aromatic nitrogens is 6. The molecule has 12 aromatic rings. The third-order valence-electron chi connectivity index (χ3n) is 14.8. The van der Waals surface area contributed by atoms with Gasteiger partial charge < -0.3 is 71.2 Å². The molecule has 590 valence electrons. The van der Waals surface area contributed by atoms with Crippen LogP contribution in [0.5, 0.6) is 28.7 Å². The maximum Gasteiger partial charge on any atom is 1.00 e. The number of nitro benzene ring substituents is 2. The number of aliphatic carboxylic acids is 1. The minimum atomic E-state index is -0.981. The summed E-state index contributed by atoms with van der Waals surface area (Å²) in [6, 6.07) is 42.0. The molecule has 0 amide bonds. The van der Waals surface area contributed by atoms with Crippen LogP contribution >= 0.6 is 34.8 Å². The summed E-state index contributed by atoms with van der Waals surface area (Å²) in [6.07, 6.45) is 4.02. The maximum absolute atomic E-state index is 13.9. The van der Waals surface area contributed by atoms with Gasteiger partial charge in [-0.05, 0) is 135 Å². The number of aliphatic hydroxyl groups is 1. The Kier molecular flexibility index (Phi) is 38.0. The molecule has 27 nitrogen and oxygen atoms in total. The molecule has 0 aliphatic heterocycles. The van der Waals surface area contributed by atoms with Crippen molar-refractivity contribution in [2.45, 2.75) is 47.5 Å². The van der Waals surface area contributed by atoms with E-state index in [2.05, 4.69) is 45.9 Å². The van der Waals surface area contributed by atoms with Crippen molar-refractivity contribution in [1.29, 1.82) is 0 Å². The molecule has 0 unspecified atom stereocenters. The van der Waals surface area contributed by atoms with Crippen LogP contribution < -0.4 is 74.9 Å². The molecule has 0 bridgehead atoms. The number of carboxylic acid groups (broad SMARTS) is 1. The van der Waals surface area contributed by atoms with Crippen LogP contribution in [0, 0.1) is 43.5 Å². The molecule has 12 rings (SSSR count). The van der Waals surface area contributed by atoms with E-state index in [1.165, 1.54) is 67.5 Å². The van der Waals surface area contributed by atoms with E-state index in [1.54, 1.807) is 97.1 Å². The predicted octanol–water partition coefficient (Wildman–Crippen LogP) is 14.8. The molecular formula is C77H74Cl3F4FeN12NaO15. The number of nitro groups is 2. The Bertz CT molecular complexity index is 5170. The topological polar surface area (TPSA) is 357 Å². The first kappa shape index (κ1) is 91.3. The summed E-state index contributed by atoms with van der Waals surface area (Å²) >= 11 is 19.1. The molecule has 0 saturated heterocycles. The van der Waals surface area contributed by atoms with Crippen LogP contribution in [-0.2, 0) is 55.9 Å². The first-order valence-electron chi connectivity index (χ1n) is 33.7. The SMILES string of the molecule is CC(=O)O.CCOCCO.CCOCCOc1cc2ncnc(Nc3ccc(OCc4cccc(F)c4)c(Cl)c3)c2cc1N.CCOCCOc1cc2ncnc(Nc3ccc(OCc4cccc(F)c4)c(Cl)c3)c2cc1[N+](=O)[O-].O=[N+]([O-])c1cc2c(Nc3ccc(OCc4cccc(F)c4)c(Cl)c3)ncnc2cc1F.[Fe].[H-].[Na+]. The third-order valence-corrected chi connectivity index (χ3v) is 15.7. The number of nitrogen functional groups attached to an aromatic ring is 1. The van der Waals surface area contributed by atoms with Gasteiger partial charge >= 0.3 is 40.9 Å². The molecule has 3 aromatic heterocycles. The summed E-state index contributed by atoms with van der Waals surface area (Å²) in [6.45, 7) is 11.1. The number of fused-ring (bicyclic) bond motifs is 3. The van der Waals surface area contributed by atoms with Gasteiger partial charge in [-0.25, -0.2) is 43.1 Å². The van der Waals surface area contributed by atoms with E-state index in [4.69, 9.17) is 93.4 Å². The summed E-state index contributed by atoms with van der Waals surface area (Å²) in [7, 11) is 0. The number of benzene rings is 9. The van der Waals surface area contributed by atoms with Crippen molar-refractivity contribution in [3.8, 4) is 28.7 Å². The molecule has 0 spiro atoms. The smallest absolute Gasteiger partial charge is 1.00 e. The van der Waals surface area contributed by atoms with Crippen molar-refractivity contribution in [2.75, 3.05) is 81.1 Å². The van der Waals surface area contributed by atoms with Gasteiger partial charge in [0.05, 0.1) is 84.4 Å². The van der Waals surface area contributed by atoms with E-state index in [9.17, 15) is 37.8 Å². The summed E-state index contributed by atoms with van der Waals surface area (Å²) in [5.74, 6) is 0.283. The summed E-state index contributed by atoms with van der Waals surface area (Å²) < 4.78 is 97.5. The van der Waals surface area contributed by atoms with Gasteiger partial charge in [-0.1, -0.05) is 71.2 Å². The Hall–Kier alpha value is -10.6. The molecule has 0 radical (unpaired) electrons. The van der Waals surface area contributed by atoms with Crippen molar-refractivity contribution in [2.24, 2.45) is 0 Å². The van der Waals surface area contributed by atoms with Crippen LogP contribution in [0.4, 0.5) is 69.1 Å². The number of nitrogens with zero attached hydrogens (tertiary/aromatic N) is 8. The number of carbonyl (C=O) groups is 1. The number of nitrogens with one attached hydrogen (secondary N) is 3. The van der Waals surface area contributed by atoms with Gasteiger partial charge in [0.25, 0.3) is 5.97 Å². The fourth-order valence-corrected chi connectivity index (χ4v) is 10.5. The van der Waals surface area contributed by atoms with E-state index >= 15 is 0 Å². The van der Waals surface area contributed by atoms with Crippen LogP contribution in [0.3, 0.4) is 0 Å². The Morgan fingerprint density at radius 1 is 0.469 bits per heavy atom. The molecule has 0 aliphatic rings. The molecule has 3 heterocycles. The summed E-state index contributed by atoms with van der Waals surface area (Å²) in [5.41, 5.74) is 11.0. The number of carboxylic acids is 1. The predicted molar refractivity (Wildman–Crippen MR) is 415 cm³/mol. The van der Waals surface area contributed by atoms with Crippen LogP contribution in [0.1, 0.15) is 45.8 Å². The number of aliphatic hydroxyl groups excluding tert-OH is 1. The zero-order valence-corrected chi connectivity index (χ0v) is 66.5. The van der Waals surface area contributed by atoms with Gasteiger partial charge in [0.2, 0.25) is 5.82 Å². The van der Waals surface area contributed by atoms with Gasteiger partial charge in [-0.15, -0.1) is 0 Å². The van der Waals surface area contributed by atoms with E-state index in [0.29, 0.717) is 147 Å². The molecule has 7 N–H and O–H groups in total. The monoisotopic (exact) mass is 1670 g/mol. The number of halogens is 7. The third kappa shape index (κ3) is 28.8. The Labute approximate surface area is 693 Å². The van der Waals surface area contributed by atoms with Crippen LogP contribution in [0.25, 0.3) is 32.7 Å². The molecule has 36 heteroatoms. The van der Waals surface area contributed by atoms with E-state index < -0.39 is 27.3 Å². The number of hydrogen-bond acceptors (Lipinski definition) is 24. The average Bonchev–Trinajstić information content (AvgIpc) is 0.794. The van der Waals surface area contributed by atoms with Crippen LogP contribution in [0.2, 0.25) is 15.1 Å². The molecule has 9 aromatic carbocycles. The van der Waals surface area contributed by atoms with Gasteiger partial charge in [-0.3, -0.25) is 25.0 Å². The summed E-state index contributed by atoms with van der Waals surface area (Å²) in [5, 5.41) is 50.0. The number of anilines is 7. The van der Waals surface area contributed by atoms with Crippen LogP contribution in [0.15, 0.2) is 183 Å². The van der Waals surface area contributed by atoms with Gasteiger partial charge in [0.1, 0.15) is 110 Å². The van der Waals surface area contributed by atoms with Crippen LogP contribution in [-0.4, -0.2) is 115 Å². The minimum Gasteiger partial charge on any atom is -1.00 e. The quantitative estimate of drug-likeness (QED) is 0.00608. The number of nitrogens with two attached hydrogens (primary N) is 1. The molecule has 0 atom stereocenters. The first-order valence-corrected chi connectivity index (χ1v) is 34.8. The second-order valence-electron chi connectivity index (χ2n) is 22.8. The number of ether oxygens (including phenoxy) is 8. The Morgan fingerprint density at radius 2 is 0.814 bits per heavy atom. The van der Waals surface area contributed by atoms with E-state index in [0.717, 1.165) is 24.4 Å². The number of rotatable bonds is 30. The Morgan fingerprint density at radius 3 is 1.16 bits per heavy atom. The second-order valence-corrected chi connectivity index (χ2v) is 24.1. The number of hydrogen-bond donors (Lipinski definition) is 6. The molecule has 113 heavy (non-hydrogen) atoms. The Balaban J connectivity index is 0.000000284. The molecule has 0 fully saturated rings. The van der Waals surface area contributed by atoms with Gasteiger partial charge in [-0.2, -0.15) is 4.39 Å². The minimum absolute atomic E-state index is 0. The summed E-state index contributed by atoms with van der Waals surface area (Å²) in [4.78, 5) is 55.6. The van der Waals surface area contributed by atoms with Crippen molar-refractivity contribution in [3.05, 3.63) is 258 Å². The molecule has 0 saturated carbocycles. The average molecular weight is 1670 g/mol. The van der Waals surface area contributed by atoms with Crippen molar-refractivity contribution < 1.29 is 128 Å². The van der Waals surface area contributed by atoms with E-state index in [-0.39, 0.29) is 132 Å². The standard InChI is InChI=1S/C25H22ClFN4O5.C25H24ClFN4O3.C21H13ClF2N4O3.C4H10O2.C2H4O2.Fe.Na.H/c1-2-34-8-9-35-24-13-21-19(12-22(24)31(32)33)25(29-15-28-21)30-18-6-7-23(20(26)11-18)36-14-16-4-3-5-17(27)10-16;1-2-32-8-9-33-24-13-22-19(12-21(24)28)25(30-15-29-22)31-18-6-7-23(20(26)11-18)34-14-16-4-3-5-17(27)10-16;22-16-7-14(4-5-20(16)31-10-12-2-1-3-13(23)6-12)27-21-15-8-19(28(29)30)17(24)9-18(15)25-11-26-21;1-2-6-4-3-5;1-2(3)4;;;/h3-7,10-13,15H,2,8-9,14H2,1H3,(H,28,29,30);3-7,10-13,15H,2,8-9,14,28H2,1H3,(H,29,30,31);1-9,11H,10H2,(H,25,26,27);5H,2-4H2,1H3;1H3,(H,3,4);;;/q;;;;;;+1;-1. The second kappa shape index (κ2) is 47.1. The van der Waals surface area contributed by atoms with Crippen molar-refractivity contribution in [1.82, 2.24) is 29.9 Å². The van der Waals surface area contributed by atoms with Gasteiger partial charge in [0, 0.05) is 96.6 Å². The fraction of sp³-hybridized carbons (Fsp3) is 0.208. The first-order chi connectivity index (χ1) is 53.5.